The van der Waals surface area contributed by atoms with Crippen LogP contribution >= 0.6 is 0 Å². The molecule has 2 rings (SSSR count). The molecular weight excluding hydrogens is 234 g/mol. The van der Waals surface area contributed by atoms with Crippen LogP contribution in [0.2, 0.25) is 0 Å². The van der Waals surface area contributed by atoms with E-state index in [1.807, 2.05) is 6.92 Å². The largest absolute Gasteiger partial charge is 0.464 e. The summed E-state index contributed by atoms with van der Waals surface area (Å²) < 4.78 is 10.0. The van der Waals surface area contributed by atoms with E-state index in [2.05, 4.69) is 15.3 Å². The monoisotopic (exact) mass is 251 g/mol. The molecule has 1 aliphatic heterocycles. The molecule has 6 heteroatoms. The predicted molar refractivity (Wildman–Crippen MR) is 64.1 cm³/mol. The lowest BCUT2D eigenvalue weighted by atomic mass is 10.2. The molecule has 1 aromatic heterocycles. The van der Waals surface area contributed by atoms with E-state index in [9.17, 15) is 4.79 Å². The molecule has 1 N–H and O–H groups in total. The van der Waals surface area contributed by atoms with Gasteiger partial charge in [0.25, 0.3) is 0 Å². The number of hydrogen-bond acceptors (Lipinski definition) is 6. The number of fused-ring (bicyclic) bond motifs is 1. The molecule has 0 aromatic carbocycles. The molecule has 0 amide bonds. The Labute approximate surface area is 106 Å². The minimum atomic E-state index is -0.407. The van der Waals surface area contributed by atoms with Gasteiger partial charge in [-0.05, 0) is 6.92 Å². The van der Waals surface area contributed by atoms with Gasteiger partial charge in [-0.15, -0.1) is 0 Å². The van der Waals surface area contributed by atoms with Gasteiger partial charge in [0.05, 0.1) is 19.4 Å². The average molecular weight is 251 g/mol. The summed E-state index contributed by atoms with van der Waals surface area (Å²) in [6.45, 7) is 4.45. The molecule has 0 atom stereocenters. The van der Waals surface area contributed by atoms with Crippen LogP contribution in [0.5, 0.6) is 0 Å². The van der Waals surface area contributed by atoms with Crippen LogP contribution < -0.4 is 5.32 Å². The fourth-order valence-corrected chi connectivity index (χ4v) is 1.90. The van der Waals surface area contributed by atoms with Gasteiger partial charge in [0, 0.05) is 31.7 Å². The van der Waals surface area contributed by atoms with E-state index in [1.54, 1.807) is 0 Å². The number of esters is 1. The normalized spacial score (nSPS) is 13.4. The van der Waals surface area contributed by atoms with E-state index in [0.29, 0.717) is 44.2 Å². The van der Waals surface area contributed by atoms with Gasteiger partial charge < -0.3 is 14.8 Å². The second kappa shape index (κ2) is 5.88. The highest BCUT2D eigenvalue weighted by Gasteiger charge is 2.23. The molecule has 0 saturated carbocycles. The lowest BCUT2D eigenvalue weighted by Crippen LogP contribution is -2.14. The van der Waals surface area contributed by atoms with Crippen LogP contribution in [0.3, 0.4) is 0 Å². The van der Waals surface area contributed by atoms with E-state index < -0.39 is 5.97 Å². The van der Waals surface area contributed by atoms with Crippen molar-refractivity contribution >= 4 is 5.97 Å². The summed E-state index contributed by atoms with van der Waals surface area (Å²) in [6, 6.07) is 0. The highest BCUT2D eigenvalue weighted by molar-refractivity contribution is 5.89. The van der Waals surface area contributed by atoms with Crippen molar-refractivity contribution in [2.75, 3.05) is 20.3 Å². The standard InChI is InChI=1S/C12H17N3O3/c1-3-18-5-4-10-14-9-7-13-6-8(9)11(15-10)12(16)17-2/h13H,3-7H2,1-2H3. The first-order valence-corrected chi connectivity index (χ1v) is 6.01. The van der Waals surface area contributed by atoms with E-state index in [0.717, 1.165) is 11.3 Å². The van der Waals surface area contributed by atoms with Crippen LogP contribution in [-0.2, 0) is 29.0 Å². The Morgan fingerprint density at radius 1 is 1.39 bits per heavy atom. The molecule has 0 bridgehead atoms. The fourth-order valence-electron chi connectivity index (χ4n) is 1.90. The van der Waals surface area contributed by atoms with Crippen molar-refractivity contribution in [3.63, 3.8) is 0 Å². The van der Waals surface area contributed by atoms with Crippen LogP contribution in [0.25, 0.3) is 0 Å². The SMILES string of the molecule is CCOCCc1nc2c(c(C(=O)OC)n1)CNC2. The highest BCUT2D eigenvalue weighted by Crippen LogP contribution is 2.18. The number of carbonyl (C=O) groups is 1. The Kier molecular flexibility index (Phi) is 4.22. The van der Waals surface area contributed by atoms with Gasteiger partial charge in [0.1, 0.15) is 5.82 Å². The number of ether oxygens (including phenoxy) is 2. The Morgan fingerprint density at radius 2 is 2.22 bits per heavy atom. The second-order valence-corrected chi connectivity index (χ2v) is 3.96. The van der Waals surface area contributed by atoms with Crippen LogP contribution in [0, 0.1) is 0 Å². The molecule has 0 radical (unpaired) electrons. The minimum absolute atomic E-state index is 0.374. The zero-order chi connectivity index (χ0) is 13.0. The van der Waals surface area contributed by atoms with Crippen LogP contribution in [0.1, 0.15) is 34.5 Å². The molecule has 98 valence electrons. The molecule has 1 aromatic rings. The van der Waals surface area contributed by atoms with E-state index in [4.69, 9.17) is 9.47 Å². The van der Waals surface area contributed by atoms with Crippen molar-refractivity contribution < 1.29 is 14.3 Å². The summed E-state index contributed by atoms with van der Waals surface area (Å²) in [5, 5.41) is 3.16. The first kappa shape index (κ1) is 12.9. The minimum Gasteiger partial charge on any atom is -0.464 e. The molecule has 1 aliphatic rings. The Hall–Kier alpha value is -1.53. The van der Waals surface area contributed by atoms with Gasteiger partial charge in [-0.2, -0.15) is 0 Å². The molecule has 0 unspecified atom stereocenters. The summed E-state index contributed by atoms with van der Waals surface area (Å²) in [7, 11) is 1.36. The lowest BCUT2D eigenvalue weighted by Gasteiger charge is -2.08. The summed E-state index contributed by atoms with van der Waals surface area (Å²) in [5.74, 6) is 0.223. The topological polar surface area (TPSA) is 73.3 Å². The Bertz CT molecular complexity index is 448. The number of methoxy groups -OCH3 is 1. The molecular formula is C12H17N3O3. The molecule has 6 nitrogen and oxygen atoms in total. The Morgan fingerprint density at radius 3 is 2.94 bits per heavy atom. The van der Waals surface area contributed by atoms with Crippen molar-refractivity contribution in [3.8, 4) is 0 Å². The van der Waals surface area contributed by atoms with E-state index in [-0.39, 0.29) is 0 Å². The Balaban J connectivity index is 2.25. The quantitative estimate of drug-likeness (QED) is 0.605. The van der Waals surface area contributed by atoms with Crippen molar-refractivity contribution in [2.24, 2.45) is 0 Å². The lowest BCUT2D eigenvalue weighted by molar-refractivity contribution is 0.0591. The smallest absolute Gasteiger partial charge is 0.357 e. The first-order valence-electron chi connectivity index (χ1n) is 6.01. The van der Waals surface area contributed by atoms with E-state index in [1.165, 1.54) is 7.11 Å². The van der Waals surface area contributed by atoms with Gasteiger partial charge >= 0.3 is 5.97 Å². The van der Waals surface area contributed by atoms with Crippen LogP contribution in [-0.4, -0.2) is 36.3 Å². The number of rotatable bonds is 5. The number of nitrogens with one attached hydrogen (secondary N) is 1. The maximum atomic E-state index is 11.7. The maximum absolute atomic E-state index is 11.7. The first-order chi connectivity index (χ1) is 8.76. The molecule has 0 aliphatic carbocycles. The maximum Gasteiger partial charge on any atom is 0.357 e. The summed E-state index contributed by atoms with van der Waals surface area (Å²) >= 11 is 0. The summed E-state index contributed by atoms with van der Waals surface area (Å²) in [6.07, 6.45) is 0.602. The molecule has 2 heterocycles. The zero-order valence-electron chi connectivity index (χ0n) is 10.7. The number of nitrogens with zero attached hydrogens (tertiary/aromatic N) is 2. The van der Waals surface area contributed by atoms with Crippen molar-refractivity contribution in [2.45, 2.75) is 26.4 Å². The van der Waals surface area contributed by atoms with Crippen molar-refractivity contribution in [3.05, 3.63) is 22.8 Å². The van der Waals surface area contributed by atoms with Gasteiger partial charge in [-0.1, -0.05) is 0 Å². The predicted octanol–water partition coefficient (Wildman–Crippen LogP) is 0.445. The summed E-state index contributed by atoms with van der Waals surface area (Å²) in [4.78, 5) is 20.4. The van der Waals surface area contributed by atoms with Gasteiger partial charge in [0.2, 0.25) is 0 Å². The molecule has 0 saturated heterocycles. The van der Waals surface area contributed by atoms with Crippen LogP contribution in [0.4, 0.5) is 0 Å². The third-order valence-corrected chi connectivity index (χ3v) is 2.79. The number of carbonyl (C=O) groups excluding carboxylic acids is 1. The molecule has 18 heavy (non-hydrogen) atoms. The zero-order valence-corrected chi connectivity index (χ0v) is 10.7. The van der Waals surface area contributed by atoms with Gasteiger partial charge in [-0.25, -0.2) is 14.8 Å². The van der Waals surface area contributed by atoms with Crippen molar-refractivity contribution in [1.82, 2.24) is 15.3 Å². The molecule has 0 spiro atoms. The number of hydrogen-bond donors (Lipinski definition) is 1. The average Bonchev–Trinajstić information content (AvgIpc) is 2.85. The second-order valence-electron chi connectivity index (χ2n) is 3.96. The third-order valence-electron chi connectivity index (χ3n) is 2.79. The third kappa shape index (κ3) is 2.65. The highest BCUT2D eigenvalue weighted by atomic mass is 16.5. The van der Waals surface area contributed by atoms with Crippen LogP contribution in [0.15, 0.2) is 0 Å². The van der Waals surface area contributed by atoms with Gasteiger partial charge in [0.15, 0.2) is 5.69 Å². The fraction of sp³-hybridized carbons (Fsp3) is 0.583. The van der Waals surface area contributed by atoms with E-state index >= 15 is 0 Å². The van der Waals surface area contributed by atoms with Gasteiger partial charge in [-0.3, -0.25) is 0 Å². The number of aromatic nitrogens is 2. The summed E-state index contributed by atoms with van der Waals surface area (Å²) in [5.41, 5.74) is 2.11. The van der Waals surface area contributed by atoms with Crippen molar-refractivity contribution in [1.29, 1.82) is 0 Å². The molecule has 0 fully saturated rings.